The van der Waals surface area contributed by atoms with Crippen molar-refractivity contribution < 1.29 is 0 Å². The fraction of sp³-hybridized carbons (Fsp3) is 1.00. The summed E-state index contributed by atoms with van der Waals surface area (Å²) in [4.78, 5) is 2.57. The van der Waals surface area contributed by atoms with E-state index in [1.807, 2.05) is 0 Å². The van der Waals surface area contributed by atoms with Gasteiger partial charge in [-0.2, -0.15) is 11.8 Å². The molecule has 0 aliphatic carbocycles. The molecule has 1 atom stereocenters. The van der Waals surface area contributed by atoms with Gasteiger partial charge in [0.1, 0.15) is 0 Å². The summed E-state index contributed by atoms with van der Waals surface area (Å²) in [5, 5.41) is 0. The van der Waals surface area contributed by atoms with Crippen LogP contribution < -0.4 is 5.73 Å². The lowest BCUT2D eigenvalue weighted by Gasteiger charge is -2.43. The number of nitrogens with zero attached hydrogens (tertiary/aromatic N) is 1. The van der Waals surface area contributed by atoms with Crippen molar-refractivity contribution in [1.82, 2.24) is 4.90 Å². The molecular formula is C10H20N2S. The third-order valence-corrected chi connectivity index (χ3v) is 4.96. The van der Waals surface area contributed by atoms with Gasteiger partial charge in [-0.1, -0.05) is 0 Å². The normalized spacial score (nSPS) is 34.2. The Kier molecular flexibility index (Phi) is 2.86. The van der Waals surface area contributed by atoms with Crippen molar-refractivity contribution in [2.24, 2.45) is 11.7 Å². The first kappa shape index (κ1) is 9.81. The smallest absolute Gasteiger partial charge is 0.0262 e. The summed E-state index contributed by atoms with van der Waals surface area (Å²) >= 11 is 2.10. The van der Waals surface area contributed by atoms with Gasteiger partial charge in [-0.3, -0.25) is 0 Å². The van der Waals surface area contributed by atoms with Crippen LogP contribution in [0.25, 0.3) is 0 Å². The van der Waals surface area contributed by atoms with Gasteiger partial charge in [0.2, 0.25) is 0 Å². The molecule has 3 heteroatoms. The van der Waals surface area contributed by atoms with E-state index in [4.69, 9.17) is 5.73 Å². The molecule has 1 unspecified atom stereocenters. The van der Waals surface area contributed by atoms with Crippen molar-refractivity contribution in [2.45, 2.75) is 24.8 Å². The highest BCUT2D eigenvalue weighted by Crippen LogP contribution is 2.43. The molecule has 0 aromatic rings. The summed E-state index contributed by atoms with van der Waals surface area (Å²) in [5.74, 6) is 3.43. The SMILES string of the molecule is CN1CCC(CN)C12CCSCC2. The van der Waals surface area contributed by atoms with Gasteiger partial charge in [0.25, 0.3) is 0 Å². The van der Waals surface area contributed by atoms with Crippen LogP contribution in [-0.2, 0) is 0 Å². The Balaban J connectivity index is 2.14. The predicted octanol–water partition coefficient (Wildman–Crippen LogP) is 1.16. The molecule has 0 aromatic carbocycles. The fourth-order valence-corrected chi connectivity index (χ4v) is 4.20. The summed E-state index contributed by atoms with van der Waals surface area (Å²) in [6.07, 6.45) is 4.03. The van der Waals surface area contributed by atoms with E-state index in [9.17, 15) is 0 Å². The molecule has 2 aliphatic rings. The van der Waals surface area contributed by atoms with E-state index in [2.05, 4.69) is 23.7 Å². The Morgan fingerprint density at radius 3 is 2.77 bits per heavy atom. The second kappa shape index (κ2) is 3.79. The van der Waals surface area contributed by atoms with E-state index in [0.29, 0.717) is 5.54 Å². The number of hydrogen-bond acceptors (Lipinski definition) is 3. The Morgan fingerprint density at radius 1 is 1.46 bits per heavy atom. The minimum atomic E-state index is 0.486. The standard InChI is InChI=1S/C10H20N2S/c1-12-5-2-9(8-11)10(12)3-6-13-7-4-10/h9H,2-8,11H2,1H3. The maximum absolute atomic E-state index is 5.87. The van der Waals surface area contributed by atoms with Crippen LogP contribution in [0.5, 0.6) is 0 Å². The summed E-state index contributed by atoms with van der Waals surface area (Å²) < 4.78 is 0. The molecule has 0 bridgehead atoms. The molecule has 0 saturated carbocycles. The molecular weight excluding hydrogens is 180 g/mol. The molecule has 2 saturated heterocycles. The highest BCUT2D eigenvalue weighted by molar-refractivity contribution is 7.99. The zero-order chi connectivity index (χ0) is 9.31. The fourth-order valence-electron chi connectivity index (χ4n) is 3.00. The molecule has 2 heterocycles. The number of hydrogen-bond donors (Lipinski definition) is 1. The second-order valence-corrected chi connectivity index (χ2v) is 5.58. The van der Waals surface area contributed by atoms with Crippen LogP contribution >= 0.6 is 11.8 Å². The molecule has 0 amide bonds. The van der Waals surface area contributed by atoms with Crippen molar-refractivity contribution in [3.8, 4) is 0 Å². The van der Waals surface area contributed by atoms with E-state index >= 15 is 0 Å². The minimum Gasteiger partial charge on any atom is -0.330 e. The number of thioether (sulfide) groups is 1. The summed E-state index contributed by atoms with van der Waals surface area (Å²) in [6, 6.07) is 0. The maximum Gasteiger partial charge on any atom is 0.0262 e. The first-order chi connectivity index (χ1) is 6.29. The lowest BCUT2D eigenvalue weighted by atomic mass is 9.80. The van der Waals surface area contributed by atoms with Gasteiger partial charge in [0, 0.05) is 5.54 Å². The molecule has 2 nitrogen and oxygen atoms in total. The zero-order valence-corrected chi connectivity index (χ0v) is 9.28. The molecule has 0 radical (unpaired) electrons. The lowest BCUT2D eigenvalue weighted by molar-refractivity contribution is 0.119. The van der Waals surface area contributed by atoms with Gasteiger partial charge in [0.15, 0.2) is 0 Å². The van der Waals surface area contributed by atoms with Crippen LogP contribution in [0.1, 0.15) is 19.3 Å². The average Bonchev–Trinajstić information content (AvgIpc) is 2.46. The first-order valence-electron chi connectivity index (χ1n) is 5.28. The zero-order valence-electron chi connectivity index (χ0n) is 8.46. The Hall–Kier alpha value is 0.270. The number of rotatable bonds is 1. The quantitative estimate of drug-likeness (QED) is 0.689. The van der Waals surface area contributed by atoms with Crippen molar-refractivity contribution in [2.75, 3.05) is 31.6 Å². The van der Waals surface area contributed by atoms with Crippen LogP contribution in [0.2, 0.25) is 0 Å². The Morgan fingerprint density at radius 2 is 2.15 bits per heavy atom. The van der Waals surface area contributed by atoms with Crippen LogP contribution in [0.3, 0.4) is 0 Å². The highest BCUT2D eigenvalue weighted by Gasteiger charge is 2.46. The van der Waals surface area contributed by atoms with Gasteiger partial charge < -0.3 is 10.6 Å². The second-order valence-electron chi connectivity index (χ2n) is 4.36. The molecule has 0 aromatic heterocycles. The van der Waals surface area contributed by atoms with Gasteiger partial charge in [0.05, 0.1) is 0 Å². The highest BCUT2D eigenvalue weighted by atomic mass is 32.2. The largest absolute Gasteiger partial charge is 0.330 e. The van der Waals surface area contributed by atoms with Crippen LogP contribution in [0.15, 0.2) is 0 Å². The third-order valence-electron chi connectivity index (χ3n) is 3.98. The molecule has 2 fully saturated rings. The van der Waals surface area contributed by atoms with Crippen molar-refractivity contribution in [3.63, 3.8) is 0 Å². The van der Waals surface area contributed by atoms with E-state index in [1.165, 1.54) is 37.3 Å². The Bertz CT molecular complexity index is 178. The monoisotopic (exact) mass is 200 g/mol. The molecule has 2 aliphatic heterocycles. The van der Waals surface area contributed by atoms with Crippen LogP contribution in [-0.4, -0.2) is 42.1 Å². The number of likely N-dealkylation sites (tertiary alicyclic amines) is 1. The van der Waals surface area contributed by atoms with Crippen molar-refractivity contribution >= 4 is 11.8 Å². The topological polar surface area (TPSA) is 29.3 Å². The molecule has 13 heavy (non-hydrogen) atoms. The van der Waals surface area contributed by atoms with Gasteiger partial charge in [-0.25, -0.2) is 0 Å². The van der Waals surface area contributed by atoms with Gasteiger partial charge in [-0.05, 0) is 56.8 Å². The Labute approximate surface area is 85.2 Å². The third kappa shape index (κ3) is 1.51. The molecule has 1 spiro atoms. The molecule has 2 rings (SSSR count). The number of nitrogens with two attached hydrogens (primary N) is 1. The van der Waals surface area contributed by atoms with E-state index in [1.54, 1.807) is 0 Å². The first-order valence-corrected chi connectivity index (χ1v) is 6.44. The molecule has 2 N–H and O–H groups in total. The summed E-state index contributed by atoms with van der Waals surface area (Å²) in [5.41, 5.74) is 6.35. The van der Waals surface area contributed by atoms with Crippen molar-refractivity contribution in [1.29, 1.82) is 0 Å². The predicted molar refractivity (Wildman–Crippen MR) is 59.1 cm³/mol. The van der Waals surface area contributed by atoms with E-state index < -0.39 is 0 Å². The van der Waals surface area contributed by atoms with Crippen LogP contribution in [0.4, 0.5) is 0 Å². The van der Waals surface area contributed by atoms with Crippen LogP contribution in [0, 0.1) is 5.92 Å². The van der Waals surface area contributed by atoms with E-state index in [0.717, 1.165) is 12.5 Å². The maximum atomic E-state index is 5.87. The van der Waals surface area contributed by atoms with Gasteiger partial charge in [-0.15, -0.1) is 0 Å². The summed E-state index contributed by atoms with van der Waals surface area (Å²) in [7, 11) is 2.28. The van der Waals surface area contributed by atoms with E-state index in [-0.39, 0.29) is 0 Å². The van der Waals surface area contributed by atoms with Gasteiger partial charge >= 0.3 is 0 Å². The average molecular weight is 200 g/mol. The minimum absolute atomic E-state index is 0.486. The van der Waals surface area contributed by atoms with Crippen molar-refractivity contribution in [3.05, 3.63) is 0 Å². The molecule has 76 valence electrons. The lowest BCUT2D eigenvalue weighted by Crippen LogP contribution is -2.50. The summed E-state index contributed by atoms with van der Waals surface area (Å²) in [6.45, 7) is 2.14.